The van der Waals surface area contributed by atoms with Crippen LogP contribution in [0.3, 0.4) is 0 Å². The first-order chi connectivity index (χ1) is 12.1. The molecule has 3 rings (SSSR count). The third-order valence-corrected chi connectivity index (χ3v) is 5.72. The Morgan fingerprint density at radius 2 is 1.81 bits per heavy atom. The van der Waals surface area contributed by atoms with Crippen molar-refractivity contribution in [2.24, 2.45) is 10.9 Å². The number of hydrogen-bond donors (Lipinski definition) is 4. The lowest BCUT2D eigenvalue weighted by atomic mass is 9.85. The molecule has 0 aromatic carbocycles. The molecule has 26 heavy (non-hydrogen) atoms. The van der Waals surface area contributed by atoms with Gasteiger partial charge in [0.1, 0.15) is 0 Å². The van der Waals surface area contributed by atoms with E-state index in [1.54, 1.807) is 0 Å². The number of carbonyl (C=O) groups is 1. The zero-order valence-corrected chi connectivity index (χ0v) is 18.3. The van der Waals surface area contributed by atoms with E-state index in [0.29, 0.717) is 12.6 Å². The molecular formula is C19H35IN4O2. The number of carbonyl (C=O) groups excluding carboxylic acids is 1. The Kier molecular flexibility index (Phi) is 8.44. The van der Waals surface area contributed by atoms with Crippen molar-refractivity contribution in [1.82, 2.24) is 16.0 Å². The van der Waals surface area contributed by atoms with Crippen molar-refractivity contribution < 1.29 is 9.90 Å². The van der Waals surface area contributed by atoms with Crippen LogP contribution in [0.5, 0.6) is 0 Å². The van der Waals surface area contributed by atoms with Crippen LogP contribution in [0.2, 0.25) is 0 Å². The molecule has 3 fully saturated rings. The Balaban J connectivity index is 0.00000243. The van der Waals surface area contributed by atoms with Gasteiger partial charge in [-0.05, 0) is 51.9 Å². The molecule has 2 unspecified atom stereocenters. The van der Waals surface area contributed by atoms with Gasteiger partial charge in [-0.2, -0.15) is 0 Å². The summed E-state index contributed by atoms with van der Waals surface area (Å²) in [6.45, 7) is 3.30. The molecule has 2 atom stereocenters. The maximum Gasteiger partial charge on any atom is 0.223 e. The number of nitrogens with zero attached hydrogens (tertiary/aromatic N) is 1. The second-order valence-electron chi connectivity index (χ2n) is 8.11. The van der Waals surface area contributed by atoms with Crippen LogP contribution in [0, 0.1) is 5.92 Å². The molecule has 0 heterocycles. The second kappa shape index (κ2) is 10.1. The van der Waals surface area contributed by atoms with Crippen molar-refractivity contribution in [3.63, 3.8) is 0 Å². The first kappa shape index (κ1) is 21.7. The van der Waals surface area contributed by atoms with Crippen LogP contribution in [0.25, 0.3) is 0 Å². The minimum atomic E-state index is -0.623. The molecule has 0 radical (unpaired) electrons. The second-order valence-corrected chi connectivity index (χ2v) is 8.11. The minimum absolute atomic E-state index is 0. The third-order valence-electron chi connectivity index (χ3n) is 5.72. The smallest absolute Gasteiger partial charge is 0.223 e. The molecule has 150 valence electrons. The summed E-state index contributed by atoms with van der Waals surface area (Å²) < 4.78 is 0. The van der Waals surface area contributed by atoms with E-state index >= 15 is 0 Å². The summed E-state index contributed by atoms with van der Waals surface area (Å²) in [6, 6.07) is 0.714. The Hall–Kier alpha value is -0.570. The van der Waals surface area contributed by atoms with Crippen molar-refractivity contribution in [1.29, 1.82) is 0 Å². The zero-order valence-electron chi connectivity index (χ0n) is 15.9. The van der Waals surface area contributed by atoms with Crippen LogP contribution in [0.15, 0.2) is 4.99 Å². The highest BCUT2D eigenvalue weighted by atomic mass is 127. The summed E-state index contributed by atoms with van der Waals surface area (Å²) in [7, 11) is 0. The summed E-state index contributed by atoms with van der Waals surface area (Å²) in [5, 5.41) is 20.4. The van der Waals surface area contributed by atoms with Gasteiger partial charge in [-0.3, -0.25) is 9.79 Å². The molecule has 1 amide bonds. The highest BCUT2D eigenvalue weighted by Crippen LogP contribution is 2.30. The molecule has 3 aliphatic carbocycles. The average Bonchev–Trinajstić information content (AvgIpc) is 3.31. The van der Waals surface area contributed by atoms with E-state index in [4.69, 9.17) is 0 Å². The van der Waals surface area contributed by atoms with Gasteiger partial charge >= 0.3 is 0 Å². The van der Waals surface area contributed by atoms with Crippen LogP contribution >= 0.6 is 24.0 Å². The quantitative estimate of drug-likeness (QED) is 0.268. The summed E-state index contributed by atoms with van der Waals surface area (Å²) in [5.41, 5.74) is -0.623. The zero-order chi connectivity index (χ0) is 17.7. The van der Waals surface area contributed by atoms with Crippen LogP contribution in [0.4, 0.5) is 0 Å². The van der Waals surface area contributed by atoms with Crippen LogP contribution in [-0.4, -0.2) is 47.7 Å². The summed E-state index contributed by atoms with van der Waals surface area (Å²) in [6.07, 6.45) is 10.2. The molecule has 0 bridgehead atoms. The average molecular weight is 478 g/mol. The van der Waals surface area contributed by atoms with Crippen LogP contribution < -0.4 is 16.0 Å². The van der Waals surface area contributed by atoms with Gasteiger partial charge in [-0.25, -0.2) is 0 Å². The predicted octanol–water partition coefficient (Wildman–Crippen LogP) is 2.30. The number of amides is 1. The molecular weight excluding hydrogens is 443 g/mol. The SMILES string of the molecule is CCNC(=NCC1(O)CCCC1)NC1CCCC(C(=O)NC2CC2)C1.I. The van der Waals surface area contributed by atoms with Crippen molar-refractivity contribution in [2.45, 2.75) is 88.8 Å². The lowest BCUT2D eigenvalue weighted by molar-refractivity contribution is -0.126. The maximum atomic E-state index is 12.3. The van der Waals surface area contributed by atoms with Gasteiger partial charge in [0, 0.05) is 24.5 Å². The van der Waals surface area contributed by atoms with Gasteiger partial charge in [-0.1, -0.05) is 19.3 Å². The van der Waals surface area contributed by atoms with Crippen molar-refractivity contribution in [2.75, 3.05) is 13.1 Å². The normalized spacial score (nSPS) is 28.2. The monoisotopic (exact) mass is 478 g/mol. The Labute approximate surface area is 174 Å². The van der Waals surface area contributed by atoms with Crippen molar-refractivity contribution >= 4 is 35.8 Å². The van der Waals surface area contributed by atoms with Crippen molar-refractivity contribution in [3.8, 4) is 0 Å². The van der Waals surface area contributed by atoms with Gasteiger partial charge < -0.3 is 21.1 Å². The van der Waals surface area contributed by atoms with Gasteiger partial charge in [0.2, 0.25) is 5.91 Å². The molecule has 7 heteroatoms. The van der Waals surface area contributed by atoms with E-state index in [2.05, 4.69) is 20.9 Å². The number of rotatable bonds is 6. The number of aliphatic hydroxyl groups is 1. The number of guanidine groups is 1. The van der Waals surface area contributed by atoms with E-state index in [-0.39, 0.29) is 41.8 Å². The Bertz CT molecular complexity index is 490. The lowest BCUT2D eigenvalue weighted by Crippen LogP contribution is -2.47. The van der Waals surface area contributed by atoms with Crippen molar-refractivity contribution in [3.05, 3.63) is 0 Å². The lowest BCUT2D eigenvalue weighted by Gasteiger charge is -2.30. The van der Waals surface area contributed by atoms with E-state index in [9.17, 15) is 9.90 Å². The summed E-state index contributed by atoms with van der Waals surface area (Å²) in [5.74, 6) is 1.13. The Morgan fingerprint density at radius 3 is 2.46 bits per heavy atom. The van der Waals surface area contributed by atoms with Gasteiger partial charge in [-0.15, -0.1) is 24.0 Å². The highest BCUT2D eigenvalue weighted by molar-refractivity contribution is 14.0. The van der Waals surface area contributed by atoms with E-state index in [0.717, 1.165) is 76.7 Å². The van der Waals surface area contributed by atoms with Crippen LogP contribution in [-0.2, 0) is 4.79 Å². The van der Waals surface area contributed by atoms with E-state index in [1.807, 2.05) is 6.92 Å². The van der Waals surface area contributed by atoms with Crippen LogP contribution in [0.1, 0.15) is 71.1 Å². The number of aliphatic imine (C=N–C) groups is 1. The fraction of sp³-hybridized carbons (Fsp3) is 0.895. The third kappa shape index (κ3) is 6.55. The number of halogens is 1. The van der Waals surface area contributed by atoms with Gasteiger partial charge in [0.05, 0.1) is 12.1 Å². The molecule has 3 saturated carbocycles. The molecule has 0 spiro atoms. The molecule has 0 aromatic heterocycles. The van der Waals surface area contributed by atoms with E-state index in [1.165, 1.54) is 0 Å². The highest BCUT2D eigenvalue weighted by Gasteiger charge is 2.32. The number of nitrogens with one attached hydrogen (secondary N) is 3. The first-order valence-corrected chi connectivity index (χ1v) is 10.2. The molecule has 6 nitrogen and oxygen atoms in total. The minimum Gasteiger partial charge on any atom is -0.388 e. The molecule has 3 aliphatic rings. The number of hydrogen-bond acceptors (Lipinski definition) is 3. The maximum absolute atomic E-state index is 12.3. The van der Waals surface area contributed by atoms with Gasteiger partial charge in [0.15, 0.2) is 5.96 Å². The summed E-state index contributed by atoms with van der Waals surface area (Å²) >= 11 is 0. The van der Waals surface area contributed by atoms with E-state index < -0.39 is 5.60 Å². The molecule has 4 N–H and O–H groups in total. The molecule has 0 aliphatic heterocycles. The largest absolute Gasteiger partial charge is 0.388 e. The fourth-order valence-electron chi connectivity index (χ4n) is 4.04. The first-order valence-electron chi connectivity index (χ1n) is 10.2. The van der Waals surface area contributed by atoms with Gasteiger partial charge in [0.25, 0.3) is 0 Å². The molecule has 0 saturated heterocycles. The summed E-state index contributed by atoms with van der Waals surface area (Å²) in [4.78, 5) is 17.0. The fourth-order valence-corrected chi connectivity index (χ4v) is 4.04. The Morgan fingerprint density at radius 1 is 1.08 bits per heavy atom. The topological polar surface area (TPSA) is 85.8 Å². The molecule has 0 aromatic rings. The predicted molar refractivity (Wildman–Crippen MR) is 115 cm³/mol. The standard InChI is InChI=1S/C19H34N4O2.HI/c1-2-20-18(21-13-19(25)10-3-4-11-19)23-16-7-5-6-14(12-16)17(24)22-15-8-9-15;/h14-16,25H,2-13H2,1H3,(H,22,24)(H2,20,21,23);1H.